The van der Waals surface area contributed by atoms with Gasteiger partial charge in [-0.1, -0.05) is 12.1 Å². The predicted molar refractivity (Wildman–Crippen MR) is 65.5 cm³/mol. The molecule has 0 aliphatic carbocycles. The molecule has 0 N–H and O–H groups in total. The van der Waals surface area contributed by atoms with Gasteiger partial charge in [-0.25, -0.2) is 0 Å². The van der Waals surface area contributed by atoms with E-state index in [-0.39, 0.29) is 11.2 Å². The highest BCUT2D eigenvalue weighted by molar-refractivity contribution is 8.01. The summed E-state index contributed by atoms with van der Waals surface area (Å²) >= 11 is 1.51. The van der Waals surface area contributed by atoms with Gasteiger partial charge in [0.25, 0.3) is 0 Å². The summed E-state index contributed by atoms with van der Waals surface area (Å²) in [6, 6.07) is 7.82. The normalized spacial score (nSPS) is 18.6. The molecule has 0 saturated carbocycles. The summed E-state index contributed by atoms with van der Waals surface area (Å²) < 4.78 is 5.03. The number of benzene rings is 1. The number of thioether (sulfide) groups is 1. The summed E-state index contributed by atoms with van der Waals surface area (Å²) in [5.41, 5.74) is 1.74. The molecule has 0 bridgehead atoms. The third-order valence-electron chi connectivity index (χ3n) is 2.29. The van der Waals surface area contributed by atoms with Crippen molar-refractivity contribution in [2.24, 2.45) is 4.99 Å². The molecule has 16 heavy (non-hydrogen) atoms. The van der Waals surface area contributed by atoms with Gasteiger partial charge in [-0.2, -0.15) is 0 Å². The van der Waals surface area contributed by atoms with Gasteiger partial charge in [0.05, 0.1) is 12.3 Å². The highest BCUT2D eigenvalue weighted by atomic mass is 32.2. The van der Waals surface area contributed by atoms with Crippen LogP contribution in [0.1, 0.15) is 13.8 Å². The van der Waals surface area contributed by atoms with Crippen molar-refractivity contribution in [2.75, 3.05) is 6.61 Å². The lowest BCUT2D eigenvalue weighted by molar-refractivity contribution is -0.141. The minimum atomic E-state index is -0.296. The van der Waals surface area contributed by atoms with Gasteiger partial charge >= 0.3 is 5.97 Å². The number of esters is 1. The van der Waals surface area contributed by atoms with Crippen molar-refractivity contribution < 1.29 is 9.53 Å². The fourth-order valence-electron chi connectivity index (χ4n) is 1.55. The Morgan fingerprint density at radius 2 is 2.25 bits per heavy atom. The fraction of sp³-hybridized carbons (Fsp3) is 0.333. The molecule has 0 amide bonds. The van der Waals surface area contributed by atoms with Crippen LogP contribution in [0.25, 0.3) is 0 Å². The van der Waals surface area contributed by atoms with E-state index in [0.29, 0.717) is 6.61 Å². The Kier molecular flexibility index (Phi) is 3.29. The van der Waals surface area contributed by atoms with Gasteiger partial charge in [-0.15, -0.1) is 11.8 Å². The molecule has 1 aliphatic heterocycles. The second kappa shape index (κ2) is 4.70. The number of nitrogens with zero attached hydrogens (tertiary/aromatic N) is 1. The van der Waals surface area contributed by atoms with Crippen molar-refractivity contribution >= 4 is 29.1 Å². The molecule has 1 heterocycles. The Bertz CT molecular complexity index is 442. The number of carbonyl (C=O) groups is 1. The maximum atomic E-state index is 11.7. The summed E-state index contributed by atoms with van der Waals surface area (Å²) in [5, 5.41) is -0.296. The van der Waals surface area contributed by atoms with Gasteiger partial charge in [0, 0.05) is 10.6 Å². The number of carbonyl (C=O) groups excluding carboxylic acids is 1. The molecule has 0 saturated heterocycles. The van der Waals surface area contributed by atoms with E-state index in [4.69, 9.17) is 4.74 Å². The molecule has 84 valence electrons. The molecule has 1 aliphatic rings. The first-order chi connectivity index (χ1) is 7.72. The summed E-state index contributed by atoms with van der Waals surface area (Å²) in [6.07, 6.45) is 0. The lowest BCUT2D eigenvalue weighted by Crippen LogP contribution is -2.28. The maximum Gasteiger partial charge on any atom is 0.325 e. The van der Waals surface area contributed by atoms with E-state index in [1.165, 1.54) is 11.8 Å². The van der Waals surface area contributed by atoms with Crippen LogP contribution in [0.5, 0.6) is 0 Å². The van der Waals surface area contributed by atoms with Crippen molar-refractivity contribution in [3.8, 4) is 0 Å². The van der Waals surface area contributed by atoms with Gasteiger partial charge in [-0.3, -0.25) is 9.79 Å². The molecule has 0 fully saturated rings. The van der Waals surface area contributed by atoms with E-state index in [0.717, 1.165) is 16.3 Å². The van der Waals surface area contributed by atoms with Gasteiger partial charge in [0.15, 0.2) is 0 Å². The van der Waals surface area contributed by atoms with Crippen LogP contribution in [0.2, 0.25) is 0 Å². The van der Waals surface area contributed by atoms with Gasteiger partial charge in [0.2, 0.25) is 0 Å². The highest BCUT2D eigenvalue weighted by Gasteiger charge is 2.28. The number of hydrogen-bond acceptors (Lipinski definition) is 4. The summed E-state index contributed by atoms with van der Waals surface area (Å²) in [4.78, 5) is 17.2. The number of para-hydroxylation sites is 1. The third-order valence-corrected chi connectivity index (χ3v) is 3.66. The zero-order valence-corrected chi connectivity index (χ0v) is 10.1. The van der Waals surface area contributed by atoms with Crippen LogP contribution in [-0.4, -0.2) is 23.5 Å². The number of ether oxygens (including phenoxy) is 1. The molecular formula is C12H13NO2S. The Morgan fingerprint density at radius 1 is 1.50 bits per heavy atom. The highest BCUT2D eigenvalue weighted by Crippen LogP contribution is 2.37. The van der Waals surface area contributed by atoms with Crippen molar-refractivity contribution in [3.63, 3.8) is 0 Å². The number of hydrogen-bond donors (Lipinski definition) is 0. The first-order valence-electron chi connectivity index (χ1n) is 5.20. The lowest BCUT2D eigenvalue weighted by Gasteiger charge is -2.20. The second-order valence-corrected chi connectivity index (χ2v) is 4.62. The summed E-state index contributed by atoms with van der Waals surface area (Å²) in [5.74, 6) is -0.205. The summed E-state index contributed by atoms with van der Waals surface area (Å²) in [6.45, 7) is 4.08. The van der Waals surface area contributed by atoms with Crippen LogP contribution >= 0.6 is 11.8 Å². The molecule has 1 aromatic rings. The Balaban J connectivity index is 2.26. The average Bonchev–Trinajstić information content (AvgIpc) is 2.28. The molecular weight excluding hydrogens is 222 g/mol. The SMILES string of the molecule is CCOC(=O)[C@@H]1Sc2ccccc2N=C1C. The lowest BCUT2D eigenvalue weighted by atomic mass is 10.2. The molecule has 2 rings (SSSR count). The quantitative estimate of drug-likeness (QED) is 0.740. The molecule has 3 nitrogen and oxygen atoms in total. The monoisotopic (exact) mass is 235 g/mol. The van der Waals surface area contributed by atoms with Crippen LogP contribution in [0, 0.1) is 0 Å². The molecule has 1 atom stereocenters. The molecule has 4 heteroatoms. The standard InChI is InChI=1S/C12H13NO2S/c1-3-15-12(14)11-8(2)13-9-6-4-5-7-10(9)16-11/h4-7,11H,3H2,1-2H3/t11-/m1/s1. The topological polar surface area (TPSA) is 38.7 Å². The predicted octanol–water partition coefficient (Wildman–Crippen LogP) is 2.82. The van der Waals surface area contributed by atoms with E-state index in [2.05, 4.69) is 4.99 Å². The van der Waals surface area contributed by atoms with Crippen LogP contribution < -0.4 is 0 Å². The smallest absolute Gasteiger partial charge is 0.325 e. The van der Waals surface area contributed by atoms with Gasteiger partial charge in [-0.05, 0) is 26.0 Å². The van der Waals surface area contributed by atoms with Crippen molar-refractivity contribution in [3.05, 3.63) is 24.3 Å². The molecule has 0 spiro atoms. The average molecular weight is 235 g/mol. The van der Waals surface area contributed by atoms with Crippen molar-refractivity contribution in [1.29, 1.82) is 0 Å². The Labute approximate surface area is 98.9 Å². The molecule has 0 unspecified atom stereocenters. The largest absolute Gasteiger partial charge is 0.465 e. The molecule has 0 radical (unpaired) electrons. The Morgan fingerprint density at radius 3 is 3.00 bits per heavy atom. The van der Waals surface area contributed by atoms with Crippen LogP contribution in [0.15, 0.2) is 34.2 Å². The van der Waals surface area contributed by atoms with E-state index in [1.54, 1.807) is 0 Å². The maximum absolute atomic E-state index is 11.7. The number of rotatable bonds is 2. The minimum Gasteiger partial charge on any atom is -0.465 e. The Hall–Kier alpha value is -1.29. The third kappa shape index (κ3) is 2.11. The van der Waals surface area contributed by atoms with E-state index >= 15 is 0 Å². The van der Waals surface area contributed by atoms with Crippen LogP contribution in [0.3, 0.4) is 0 Å². The minimum absolute atomic E-state index is 0.205. The van der Waals surface area contributed by atoms with Gasteiger partial charge < -0.3 is 4.74 Å². The molecule has 0 aromatic heterocycles. The summed E-state index contributed by atoms with van der Waals surface area (Å²) in [7, 11) is 0. The first-order valence-corrected chi connectivity index (χ1v) is 6.08. The number of aliphatic imine (C=N–C) groups is 1. The molecule has 1 aromatic carbocycles. The van der Waals surface area contributed by atoms with Crippen molar-refractivity contribution in [2.45, 2.75) is 24.0 Å². The van der Waals surface area contributed by atoms with E-state index < -0.39 is 0 Å². The van der Waals surface area contributed by atoms with E-state index in [1.807, 2.05) is 38.1 Å². The van der Waals surface area contributed by atoms with Crippen LogP contribution in [0.4, 0.5) is 5.69 Å². The number of fused-ring (bicyclic) bond motifs is 1. The van der Waals surface area contributed by atoms with Crippen LogP contribution in [-0.2, 0) is 9.53 Å². The van der Waals surface area contributed by atoms with Crippen molar-refractivity contribution in [1.82, 2.24) is 0 Å². The van der Waals surface area contributed by atoms with Gasteiger partial charge in [0.1, 0.15) is 5.25 Å². The zero-order valence-electron chi connectivity index (χ0n) is 9.27. The van der Waals surface area contributed by atoms with E-state index in [9.17, 15) is 4.79 Å². The second-order valence-electron chi connectivity index (χ2n) is 3.47. The first kappa shape index (κ1) is 11.2. The zero-order chi connectivity index (χ0) is 11.5. The fourth-order valence-corrected chi connectivity index (χ4v) is 2.58.